The average Bonchev–Trinajstić information content (AvgIpc) is 2.46. The number of rotatable bonds is 3. The number of aliphatic hydroxyl groups excluding tert-OH is 1. The number of likely N-dealkylation sites (N-methyl/N-ethyl adjacent to an activating group) is 1. The maximum atomic E-state index is 9.83. The summed E-state index contributed by atoms with van der Waals surface area (Å²) in [5.74, 6) is 0. The number of likely N-dealkylation sites (tertiary alicyclic amines) is 1. The molecule has 100 valence electrons. The number of hydrogen-bond donors (Lipinski definition) is 1. The van der Waals surface area contributed by atoms with E-state index in [1.165, 1.54) is 32.4 Å². The zero-order valence-corrected chi connectivity index (χ0v) is 11.8. The van der Waals surface area contributed by atoms with Gasteiger partial charge >= 0.3 is 0 Å². The van der Waals surface area contributed by atoms with Crippen molar-refractivity contribution < 1.29 is 5.11 Å². The van der Waals surface area contributed by atoms with Crippen molar-refractivity contribution in [3.63, 3.8) is 0 Å². The molecule has 2 aliphatic heterocycles. The summed E-state index contributed by atoms with van der Waals surface area (Å²) >= 11 is 0. The average molecular weight is 240 g/mol. The van der Waals surface area contributed by atoms with Crippen molar-refractivity contribution in [3.05, 3.63) is 0 Å². The molecule has 0 aromatic carbocycles. The summed E-state index contributed by atoms with van der Waals surface area (Å²) in [6.45, 7) is 9.65. The van der Waals surface area contributed by atoms with E-state index in [4.69, 9.17) is 0 Å². The fourth-order valence-electron chi connectivity index (χ4n) is 3.23. The first-order valence-electron chi connectivity index (χ1n) is 7.02. The molecule has 2 fully saturated rings. The predicted octanol–water partition coefficient (Wildman–Crippen LogP) is 1.56. The van der Waals surface area contributed by atoms with E-state index in [1.54, 1.807) is 0 Å². The van der Waals surface area contributed by atoms with Gasteiger partial charge in [-0.15, -0.1) is 0 Å². The molecule has 0 aliphatic carbocycles. The highest BCUT2D eigenvalue weighted by molar-refractivity contribution is 4.92. The van der Waals surface area contributed by atoms with Gasteiger partial charge in [0.05, 0.1) is 6.10 Å². The number of nitrogens with zero attached hydrogens (tertiary/aromatic N) is 2. The molecule has 2 aliphatic rings. The number of hydrogen-bond acceptors (Lipinski definition) is 3. The highest BCUT2D eigenvalue weighted by Crippen LogP contribution is 2.30. The summed E-state index contributed by atoms with van der Waals surface area (Å²) in [4.78, 5) is 5.14. The predicted molar refractivity (Wildman–Crippen MR) is 71.1 cm³/mol. The van der Waals surface area contributed by atoms with Crippen LogP contribution in [0.5, 0.6) is 0 Å². The highest BCUT2D eigenvalue weighted by Gasteiger charge is 2.36. The van der Waals surface area contributed by atoms with E-state index in [-0.39, 0.29) is 11.5 Å². The molecule has 2 rings (SSSR count). The van der Waals surface area contributed by atoms with Crippen LogP contribution in [-0.4, -0.2) is 59.8 Å². The molecule has 0 aromatic heterocycles. The van der Waals surface area contributed by atoms with Gasteiger partial charge in [-0.2, -0.15) is 0 Å². The van der Waals surface area contributed by atoms with E-state index in [0.29, 0.717) is 0 Å². The Balaban J connectivity index is 1.95. The molecular weight excluding hydrogens is 212 g/mol. The monoisotopic (exact) mass is 240 g/mol. The van der Waals surface area contributed by atoms with Crippen molar-refractivity contribution in [1.82, 2.24) is 9.80 Å². The second-order valence-electron chi connectivity index (χ2n) is 6.74. The summed E-state index contributed by atoms with van der Waals surface area (Å²) in [7, 11) is 2.28. The second-order valence-corrected chi connectivity index (χ2v) is 6.74. The van der Waals surface area contributed by atoms with E-state index < -0.39 is 0 Å². The number of fused-ring (bicyclic) bond motifs is 2. The lowest BCUT2D eigenvalue weighted by Crippen LogP contribution is -2.44. The summed E-state index contributed by atoms with van der Waals surface area (Å²) < 4.78 is 0. The lowest BCUT2D eigenvalue weighted by Gasteiger charge is -2.35. The second kappa shape index (κ2) is 4.87. The van der Waals surface area contributed by atoms with E-state index in [1.807, 2.05) is 6.92 Å². The van der Waals surface area contributed by atoms with E-state index in [9.17, 15) is 5.11 Å². The lowest BCUT2D eigenvalue weighted by molar-refractivity contribution is 0.0323. The van der Waals surface area contributed by atoms with Crippen molar-refractivity contribution in [2.24, 2.45) is 5.41 Å². The fourth-order valence-corrected chi connectivity index (χ4v) is 3.23. The Bertz CT molecular complexity index is 265. The van der Waals surface area contributed by atoms with Gasteiger partial charge in [0, 0.05) is 30.6 Å². The standard InChI is InChI=1S/C14H28N2O/c1-11(17)14(2,3)10-16-8-7-12-5-6-13(9-16)15(12)4/h11-13,17H,5-10H2,1-4H3. The Hall–Kier alpha value is -0.120. The van der Waals surface area contributed by atoms with Crippen molar-refractivity contribution in [1.29, 1.82) is 0 Å². The zero-order chi connectivity index (χ0) is 12.6. The minimum Gasteiger partial charge on any atom is -0.393 e. The van der Waals surface area contributed by atoms with Gasteiger partial charge in [-0.05, 0) is 39.8 Å². The van der Waals surface area contributed by atoms with Crippen LogP contribution in [0, 0.1) is 5.41 Å². The van der Waals surface area contributed by atoms with E-state index >= 15 is 0 Å². The van der Waals surface area contributed by atoms with E-state index in [0.717, 1.165) is 18.6 Å². The topological polar surface area (TPSA) is 26.7 Å². The van der Waals surface area contributed by atoms with Gasteiger partial charge in [0.15, 0.2) is 0 Å². The van der Waals surface area contributed by atoms with Gasteiger partial charge in [-0.25, -0.2) is 0 Å². The summed E-state index contributed by atoms with van der Waals surface area (Å²) in [5, 5.41) is 9.83. The van der Waals surface area contributed by atoms with E-state index in [2.05, 4.69) is 30.7 Å². The molecule has 2 bridgehead atoms. The van der Waals surface area contributed by atoms with Gasteiger partial charge < -0.3 is 10.0 Å². The molecule has 0 amide bonds. The van der Waals surface area contributed by atoms with Crippen molar-refractivity contribution in [2.45, 2.75) is 58.2 Å². The minimum absolute atomic E-state index is 0.00214. The molecular formula is C14H28N2O. The van der Waals surface area contributed by atoms with Crippen molar-refractivity contribution in [3.8, 4) is 0 Å². The van der Waals surface area contributed by atoms with Crippen LogP contribution >= 0.6 is 0 Å². The Morgan fingerprint density at radius 2 is 1.88 bits per heavy atom. The molecule has 3 atom stereocenters. The molecule has 3 nitrogen and oxygen atoms in total. The van der Waals surface area contributed by atoms with Crippen LogP contribution in [0.15, 0.2) is 0 Å². The normalized spacial score (nSPS) is 33.7. The van der Waals surface area contributed by atoms with Crippen molar-refractivity contribution in [2.75, 3.05) is 26.7 Å². The molecule has 1 N–H and O–H groups in total. The quantitative estimate of drug-likeness (QED) is 0.811. The maximum absolute atomic E-state index is 9.83. The SMILES string of the molecule is CC(O)C(C)(C)CN1CCC2CCC(C1)N2C. The molecule has 2 saturated heterocycles. The van der Waals surface area contributed by atoms with Crippen LogP contribution in [0.25, 0.3) is 0 Å². The Labute approximate surface area is 106 Å². The molecule has 0 aromatic rings. The van der Waals surface area contributed by atoms with Gasteiger partial charge in [-0.1, -0.05) is 13.8 Å². The number of aliphatic hydroxyl groups is 1. The van der Waals surface area contributed by atoms with Gasteiger partial charge in [0.25, 0.3) is 0 Å². The largest absolute Gasteiger partial charge is 0.393 e. The third kappa shape index (κ3) is 2.83. The molecule has 0 saturated carbocycles. The third-order valence-corrected chi connectivity index (χ3v) is 4.99. The van der Waals surface area contributed by atoms with Crippen LogP contribution in [0.4, 0.5) is 0 Å². The minimum atomic E-state index is -0.235. The molecule has 0 spiro atoms. The molecule has 3 heteroatoms. The molecule has 0 radical (unpaired) electrons. The first kappa shape index (κ1) is 13.3. The fraction of sp³-hybridized carbons (Fsp3) is 1.00. The Morgan fingerprint density at radius 3 is 2.53 bits per heavy atom. The maximum Gasteiger partial charge on any atom is 0.0575 e. The van der Waals surface area contributed by atoms with Crippen LogP contribution in [0.1, 0.15) is 40.0 Å². The van der Waals surface area contributed by atoms with Crippen LogP contribution in [0.2, 0.25) is 0 Å². The first-order chi connectivity index (χ1) is 7.90. The van der Waals surface area contributed by atoms with Crippen LogP contribution in [-0.2, 0) is 0 Å². The highest BCUT2D eigenvalue weighted by atomic mass is 16.3. The van der Waals surface area contributed by atoms with Crippen LogP contribution in [0.3, 0.4) is 0 Å². The van der Waals surface area contributed by atoms with Crippen molar-refractivity contribution >= 4 is 0 Å². The first-order valence-corrected chi connectivity index (χ1v) is 7.02. The summed E-state index contributed by atoms with van der Waals surface area (Å²) in [5.41, 5.74) is 0.00214. The molecule has 2 heterocycles. The third-order valence-electron chi connectivity index (χ3n) is 4.99. The van der Waals surface area contributed by atoms with Crippen LogP contribution < -0.4 is 0 Å². The smallest absolute Gasteiger partial charge is 0.0575 e. The van der Waals surface area contributed by atoms with Gasteiger partial charge in [0.2, 0.25) is 0 Å². The zero-order valence-electron chi connectivity index (χ0n) is 11.8. The summed E-state index contributed by atoms with van der Waals surface area (Å²) in [6.07, 6.45) is 3.80. The van der Waals surface area contributed by atoms with Gasteiger partial charge in [-0.3, -0.25) is 4.90 Å². The van der Waals surface area contributed by atoms with Gasteiger partial charge in [0.1, 0.15) is 0 Å². The lowest BCUT2D eigenvalue weighted by atomic mass is 9.86. The molecule has 17 heavy (non-hydrogen) atoms. The molecule has 3 unspecified atom stereocenters. The summed E-state index contributed by atoms with van der Waals surface area (Å²) in [6, 6.07) is 1.55. The Kier molecular flexibility index (Phi) is 3.81. The Morgan fingerprint density at radius 1 is 1.24 bits per heavy atom.